The first-order valence-electron chi connectivity index (χ1n) is 9.35. The monoisotopic (exact) mass is 325 g/mol. The maximum absolute atomic E-state index is 13.1. The normalized spacial score (nSPS) is 15.5. The molecule has 0 unspecified atom stereocenters. The number of unbranched alkanes of at least 4 members (excludes halogenated alkanes) is 2. The zero-order chi connectivity index (χ0) is 16.6. The summed E-state index contributed by atoms with van der Waals surface area (Å²) in [6.45, 7) is 2.30. The molecule has 1 N–H and O–H groups in total. The number of hydrogen-bond acceptors (Lipinski definition) is 1. The summed E-state index contributed by atoms with van der Waals surface area (Å²) in [7, 11) is 0. The van der Waals surface area contributed by atoms with E-state index in [0.717, 1.165) is 43.8 Å². The van der Waals surface area contributed by atoms with Gasteiger partial charge in [-0.15, -0.1) is 0 Å². The van der Waals surface area contributed by atoms with Crippen molar-refractivity contribution in [3.05, 3.63) is 71.0 Å². The Hall–Kier alpha value is -1.67. The molecule has 0 atom stereocenters. The summed E-state index contributed by atoms with van der Waals surface area (Å²) in [4.78, 5) is 0. The maximum atomic E-state index is 13.1. The number of benzene rings is 2. The molecule has 1 heterocycles. The molecule has 128 valence electrons. The van der Waals surface area contributed by atoms with Crippen LogP contribution in [0, 0.1) is 5.82 Å². The second-order valence-electron chi connectivity index (χ2n) is 6.96. The largest absolute Gasteiger partial charge is 0.317 e. The van der Waals surface area contributed by atoms with Gasteiger partial charge in [0.25, 0.3) is 0 Å². The Morgan fingerprint density at radius 2 is 1.54 bits per heavy atom. The smallest absolute Gasteiger partial charge is 0.123 e. The summed E-state index contributed by atoms with van der Waals surface area (Å²) >= 11 is 0. The number of nitrogens with one attached hydrogen (secondary N) is 1. The second-order valence-corrected chi connectivity index (χ2v) is 6.96. The van der Waals surface area contributed by atoms with Gasteiger partial charge in [0, 0.05) is 0 Å². The molecule has 1 saturated heterocycles. The fraction of sp³-hybridized carbons (Fsp3) is 0.455. The van der Waals surface area contributed by atoms with E-state index in [1.807, 2.05) is 6.07 Å². The van der Waals surface area contributed by atoms with Crippen LogP contribution in [0.25, 0.3) is 0 Å². The van der Waals surface area contributed by atoms with Crippen LogP contribution in [0.3, 0.4) is 0 Å². The molecule has 0 radical (unpaired) electrons. The molecule has 1 nitrogen and oxygen atoms in total. The van der Waals surface area contributed by atoms with Crippen molar-refractivity contribution in [1.82, 2.24) is 5.32 Å². The molecule has 0 spiro atoms. The minimum atomic E-state index is -0.124. The Bertz CT molecular complexity index is 614. The molecule has 1 aliphatic heterocycles. The van der Waals surface area contributed by atoms with Crippen molar-refractivity contribution in [3.8, 4) is 0 Å². The molecule has 0 amide bonds. The van der Waals surface area contributed by atoms with Gasteiger partial charge in [-0.2, -0.15) is 0 Å². The van der Waals surface area contributed by atoms with Gasteiger partial charge in [-0.05, 0) is 86.4 Å². The lowest BCUT2D eigenvalue weighted by Crippen LogP contribution is -2.26. The van der Waals surface area contributed by atoms with Crippen LogP contribution in [0.2, 0.25) is 0 Å². The average Bonchev–Trinajstić information content (AvgIpc) is 2.63. The highest BCUT2D eigenvalue weighted by Crippen LogP contribution is 2.25. The van der Waals surface area contributed by atoms with E-state index in [0.29, 0.717) is 0 Å². The minimum Gasteiger partial charge on any atom is -0.317 e. The topological polar surface area (TPSA) is 12.0 Å². The van der Waals surface area contributed by atoms with Gasteiger partial charge in [0.2, 0.25) is 0 Å². The molecular weight excluding hydrogens is 297 g/mol. The van der Waals surface area contributed by atoms with Crippen molar-refractivity contribution in [3.63, 3.8) is 0 Å². The summed E-state index contributed by atoms with van der Waals surface area (Å²) in [5.41, 5.74) is 4.06. The van der Waals surface area contributed by atoms with Crippen LogP contribution >= 0.6 is 0 Å². The van der Waals surface area contributed by atoms with Gasteiger partial charge in [0.05, 0.1) is 0 Å². The Morgan fingerprint density at radius 3 is 2.25 bits per heavy atom. The van der Waals surface area contributed by atoms with Crippen molar-refractivity contribution in [2.45, 2.75) is 50.9 Å². The standard InChI is InChI=1S/C22H28FN/c23-22-8-4-7-19(17-22)6-3-1-2-5-18-9-11-20(12-10-18)21-13-15-24-16-14-21/h4,7-12,17,21,24H,1-3,5-6,13-16H2. The average molecular weight is 325 g/mol. The zero-order valence-electron chi connectivity index (χ0n) is 14.4. The van der Waals surface area contributed by atoms with E-state index in [2.05, 4.69) is 29.6 Å². The molecule has 1 fully saturated rings. The summed E-state index contributed by atoms with van der Waals surface area (Å²) in [5.74, 6) is 0.618. The fourth-order valence-electron chi connectivity index (χ4n) is 3.64. The number of aryl methyl sites for hydroxylation is 2. The first kappa shape index (κ1) is 17.2. The Labute approximate surface area is 145 Å². The fourth-order valence-corrected chi connectivity index (χ4v) is 3.64. The van der Waals surface area contributed by atoms with Gasteiger partial charge >= 0.3 is 0 Å². The van der Waals surface area contributed by atoms with E-state index < -0.39 is 0 Å². The van der Waals surface area contributed by atoms with Gasteiger partial charge in [-0.1, -0.05) is 42.8 Å². The van der Waals surface area contributed by atoms with E-state index in [1.54, 1.807) is 12.1 Å². The third-order valence-corrected chi connectivity index (χ3v) is 5.11. The third kappa shape index (κ3) is 5.17. The van der Waals surface area contributed by atoms with Gasteiger partial charge in [-0.25, -0.2) is 4.39 Å². The maximum Gasteiger partial charge on any atom is 0.123 e. The van der Waals surface area contributed by atoms with Crippen molar-refractivity contribution in [2.75, 3.05) is 13.1 Å². The SMILES string of the molecule is Fc1cccc(CCCCCc2ccc(C3CCNCC3)cc2)c1. The lowest BCUT2D eigenvalue weighted by Gasteiger charge is -2.23. The Morgan fingerprint density at radius 1 is 0.833 bits per heavy atom. The van der Waals surface area contributed by atoms with Crippen molar-refractivity contribution < 1.29 is 4.39 Å². The van der Waals surface area contributed by atoms with Gasteiger partial charge in [0.15, 0.2) is 0 Å². The van der Waals surface area contributed by atoms with E-state index in [9.17, 15) is 4.39 Å². The van der Waals surface area contributed by atoms with Crippen molar-refractivity contribution in [2.24, 2.45) is 0 Å². The molecule has 2 aromatic carbocycles. The van der Waals surface area contributed by atoms with E-state index in [-0.39, 0.29) is 5.82 Å². The first-order valence-corrected chi connectivity index (χ1v) is 9.35. The van der Waals surface area contributed by atoms with Crippen LogP contribution in [0.4, 0.5) is 4.39 Å². The minimum absolute atomic E-state index is 0.124. The molecule has 24 heavy (non-hydrogen) atoms. The second kappa shape index (κ2) is 8.98. The molecule has 0 aliphatic carbocycles. The van der Waals surface area contributed by atoms with Gasteiger partial charge in [-0.3, -0.25) is 0 Å². The molecule has 3 rings (SSSR count). The van der Waals surface area contributed by atoms with Gasteiger partial charge < -0.3 is 5.32 Å². The summed E-state index contributed by atoms with van der Waals surface area (Å²) < 4.78 is 13.1. The number of halogens is 1. The van der Waals surface area contributed by atoms with E-state index >= 15 is 0 Å². The molecule has 0 aromatic heterocycles. The number of hydrogen-bond donors (Lipinski definition) is 1. The highest BCUT2D eigenvalue weighted by Gasteiger charge is 2.14. The van der Waals surface area contributed by atoms with E-state index in [4.69, 9.17) is 0 Å². The molecule has 2 heteroatoms. The molecule has 0 saturated carbocycles. The van der Waals surface area contributed by atoms with Crippen LogP contribution in [0.1, 0.15) is 54.7 Å². The predicted molar refractivity (Wildman–Crippen MR) is 98.9 cm³/mol. The van der Waals surface area contributed by atoms with Crippen LogP contribution in [-0.2, 0) is 12.8 Å². The number of piperidine rings is 1. The van der Waals surface area contributed by atoms with Crippen LogP contribution in [0.5, 0.6) is 0 Å². The summed E-state index contributed by atoms with van der Waals surface area (Å²) in [6.07, 6.45) is 8.20. The molecule has 0 bridgehead atoms. The molecule has 1 aliphatic rings. The lowest BCUT2D eigenvalue weighted by atomic mass is 9.89. The Balaban J connectivity index is 1.37. The van der Waals surface area contributed by atoms with Crippen LogP contribution in [0.15, 0.2) is 48.5 Å². The molecular formula is C22H28FN. The summed E-state index contributed by atoms with van der Waals surface area (Å²) in [5, 5.41) is 3.43. The van der Waals surface area contributed by atoms with Crippen LogP contribution < -0.4 is 5.32 Å². The highest BCUT2D eigenvalue weighted by atomic mass is 19.1. The number of rotatable bonds is 7. The van der Waals surface area contributed by atoms with Crippen molar-refractivity contribution in [1.29, 1.82) is 0 Å². The van der Waals surface area contributed by atoms with E-state index in [1.165, 1.54) is 42.9 Å². The third-order valence-electron chi connectivity index (χ3n) is 5.11. The predicted octanol–water partition coefficient (Wildman–Crippen LogP) is 5.25. The quantitative estimate of drug-likeness (QED) is 0.686. The Kier molecular flexibility index (Phi) is 6.42. The molecule has 2 aromatic rings. The summed E-state index contributed by atoms with van der Waals surface area (Å²) in [6, 6.07) is 16.3. The first-order chi connectivity index (χ1) is 11.8. The highest BCUT2D eigenvalue weighted by molar-refractivity contribution is 5.26. The zero-order valence-corrected chi connectivity index (χ0v) is 14.4. The lowest BCUT2D eigenvalue weighted by molar-refractivity contribution is 0.460. The van der Waals surface area contributed by atoms with Crippen LogP contribution in [-0.4, -0.2) is 13.1 Å². The van der Waals surface area contributed by atoms with Crippen molar-refractivity contribution >= 4 is 0 Å². The van der Waals surface area contributed by atoms with Gasteiger partial charge in [0.1, 0.15) is 5.82 Å².